The van der Waals surface area contributed by atoms with Crippen LogP contribution in [-0.2, 0) is 0 Å². The first-order valence-corrected chi connectivity index (χ1v) is 11.3. The van der Waals surface area contributed by atoms with Gasteiger partial charge in [0.2, 0.25) is 0 Å². The summed E-state index contributed by atoms with van der Waals surface area (Å²) in [6, 6.07) is 10.3. The topological polar surface area (TPSA) is 83.7 Å². The van der Waals surface area contributed by atoms with Gasteiger partial charge in [-0.3, -0.25) is 9.20 Å². The van der Waals surface area contributed by atoms with E-state index in [1.807, 2.05) is 26.1 Å². The number of fused-ring (bicyclic) bond motifs is 1. The van der Waals surface area contributed by atoms with Crippen molar-refractivity contribution in [2.75, 3.05) is 5.32 Å². The predicted molar refractivity (Wildman–Crippen MR) is 127 cm³/mol. The average Bonchev–Trinajstić information content (AvgIpc) is 2.74. The standard InChI is InChI=1S/C26H31N3O3/c1-16-13-20(17(2)27-21-8-6-5-7-19(21)25(31)32)24-28-22(14-23(30)29(24)15-16)18-9-11-26(3,4)12-10-18/h5-8,13-15,17-18,27H,9-12H2,1-4H3,(H,31,32)/t17-/m0/s1. The molecule has 1 atom stereocenters. The number of aromatic nitrogens is 2. The summed E-state index contributed by atoms with van der Waals surface area (Å²) in [6.45, 7) is 8.52. The van der Waals surface area contributed by atoms with E-state index >= 15 is 0 Å². The van der Waals surface area contributed by atoms with E-state index in [0.717, 1.165) is 42.5 Å². The lowest BCUT2D eigenvalue weighted by atomic mass is 9.72. The zero-order valence-electron chi connectivity index (χ0n) is 19.2. The molecular weight excluding hydrogens is 402 g/mol. The van der Waals surface area contributed by atoms with E-state index in [-0.39, 0.29) is 17.2 Å². The normalized spacial score (nSPS) is 17.2. The molecule has 2 heterocycles. The van der Waals surface area contributed by atoms with E-state index in [1.165, 1.54) is 0 Å². The molecule has 32 heavy (non-hydrogen) atoms. The molecule has 2 aromatic heterocycles. The lowest BCUT2D eigenvalue weighted by Crippen LogP contribution is -2.24. The van der Waals surface area contributed by atoms with Crippen LogP contribution in [0, 0.1) is 12.3 Å². The van der Waals surface area contributed by atoms with Gasteiger partial charge in [0.05, 0.1) is 17.3 Å². The first kappa shape index (κ1) is 22.1. The molecule has 0 spiro atoms. The number of anilines is 1. The molecule has 3 aromatic rings. The van der Waals surface area contributed by atoms with E-state index in [2.05, 4.69) is 19.2 Å². The largest absolute Gasteiger partial charge is 0.478 e. The Morgan fingerprint density at radius 2 is 1.91 bits per heavy atom. The number of aromatic carboxylic acids is 1. The molecule has 1 fully saturated rings. The molecule has 6 nitrogen and oxygen atoms in total. The van der Waals surface area contributed by atoms with Crippen molar-refractivity contribution in [3.63, 3.8) is 0 Å². The molecule has 4 rings (SSSR count). The third kappa shape index (κ3) is 4.40. The monoisotopic (exact) mass is 433 g/mol. The molecule has 0 saturated heterocycles. The summed E-state index contributed by atoms with van der Waals surface area (Å²) in [5.41, 5.74) is 4.36. The maximum Gasteiger partial charge on any atom is 0.337 e. The lowest BCUT2D eigenvalue weighted by Gasteiger charge is -2.34. The molecule has 0 bridgehead atoms. The van der Waals surface area contributed by atoms with Crippen LogP contribution in [-0.4, -0.2) is 20.5 Å². The van der Waals surface area contributed by atoms with Crippen LogP contribution in [0.5, 0.6) is 0 Å². The van der Waals surface area contributed by atoms with Crippen molar-refractivity contribution in [1.29, 1.82) is 0 Å². The Labute approximate surface area is 188 Å². The van der Waals surface area contributed by atoms with Crippen molar-refractivity contribution in [2.45, 2.75) is 65.3 Å². The van der Waals surface area contributed by atoms with Crippen molar-refractivity contribution in [2.24, 2.45) is 5.41 Å². The number of carboxylic acid groups (broad SMARTS) is 1. The first-order valence-electron chi connectivity index (χ1n) is 11.3. The molecule has 1 aliphatic rings. The van der Waals surface area contributed by atoms with Crippen LogP contribution in [0.3, 0.4) is 0 Å². The Morgan fingerprint density at radius 3 is 2.59 bits per heavy atom. The fourth-order valence-electron chi connectivity index (χ4n) is 4.72. The van der Waals surface area contributed by atoms with Gasteiger partial charge in [0, 0.05) is 29.4 Å². The number of benzene rings is 1. The van der Waals surface area contributed by atoms with Gasteiger partial charge in [-0.2, -0.15) is 0 Å². The number of aryl methyl sites for hydroxylation is 1. The van der Waals surface area contributed by atoms with Gasteiger partial charge in [0.25, 0.3) is 5.56 Å². The Kier molecular flexibility index (Phi) is 5.80. The number of hydrogen-bond donors (Lipinski definition) is 2. The van der Waals surface area contributed by atoms with E-state index in [9.17, 15) is 14.7 Å². The predicted octanol–water partition coefficient (Wildman–Crippen LogP) is 5.56. The Hall–Kier alpha value is -3.15. The molecule has 0 amide bonds. The quantitative estimate of drug-likeness (QED) is 0.550. The van der Waals surface area contributed by atoms with E-state index in [4.69, 9.17) is 4.98 Å². The van der Waals surface area contributed by atoms with Crippen LogP contribution in [0.4, 0.5) is 5.69 Å². The Morgan fingerprint density at radius 1 is 1.22 bits per heavy atom. The van der Waals surface area contributed by atoms with Gasteiger partial charge in [-0.05, 0) is 68.7 Å². The van der Waals surface area contributed by atoms with Gasteiger partial charge in [-0.15, -0.1) is 0 Å². The lowest BCUT2D eigenvalue weighted by molar-refractivity contribution is 0.0698. The van der Waals surface area contributed by atoms with Gasteiger partial charge in [0.15, 0.2) is 0 Å². The second-order valence-corrected chi connectivity index (χ2v) is 9.84. The summed E-state index contributed by atoms with van der Waals surface area (Å²) in [4.78, 5) is 29.6. The number of carbonyl (C=O) groups is 1. The minimum atomic E-state index is -0.980. The zero-order chi connectivity index (χ0) is 23.0. The van der Waals surface area contributed by atoms with Crippen molar-refractivity contribution in [3.05, 3.63) is 75.3 Å². The molecule has 6 heteroatoms. The summed E-state index contributed by atoms with van der Waals surface area (Å²) in [5.74, 6) is -0.683. The second-order valence-electron chi connectivity index (χ2n) is 9.84. The number of nitrogens with one attached hydrogen (secondary N) is 1. The van der Waals surface area contributed by atoms with Crippen LogP contribution >= 0.6 is 0 Å². The molecule has 1 aromatic carbocycles. The van der Waals surface area contributed by atoms with Crippen LogP contribution in [0.1, 0.15) is 85.6 Å². The molecule has 168 valence electrons. The molecule has 1 saturated carbocycles. The fraction of sp³-hybridized carbons (Fsp3) is 0.423. The first-order chi connectivity index (χ1) is 15.1. The Balaban J connectivity index is 1.75. The number of pyridine rings is 1. The van der Waals surface area contributed by atoms with Crippen LogP contribution < -0.4 is 10.9 Å². The van der Waals surface area contributed by atoms with Gasteiger partial charge >= 0.3 is 5.97 Å². The highest BCUT2D eigenvalue weighted by Crippen LogP contribution is 2.41. The van der Waals surface area contributed by atoms with Crippen LogP contribution in [0.2, 0.25) is 0 Å². The SMILES string of the molecule is Cc1cc([C@H](C)Nc2ccccc2C(=O)O)c2nc(C3CCC(C)(C)CC3)cc(=O)n2c1. The van der Waals surface area contributed by atoms with E-state index < -0.39 is 5.97 Å². The smallest absolute Gasteiger partial charge is 0.337 e. The Bertz CT molecular complexity index is 1220. The number of carboxylic acids is 1. The van der Waals surface area contributed by atoms with Gasteiger partial charge in [0.1, 0.15) is 5.65 Å². The second kappa shape index (κ2) is 8.41. The van der Waals surface area contributed by atoms with Crippen molar-refractivity contribution < 1.29 is 9.90 Å². The van der Waals surface area contributed by atoms with Crippen molar-refractivity contribution in [1.82, 2.24) is 9.38 Å². The third-order valence-electron chi connectivity index (χ3n) is 6.70. The molecule has 2 N–H and O–H groups in total. The molecule has 0 aliphatic heterocycles. The number of para-hydroxylation sites is 1. The maximum atomic E-state index is 13.0. The van der Waals surface area contributed by atoms with Crippen LogP contribution in [0.25, 0.3) is 5.65 Å². The maximum absolute atomic E-state index is 13.0. The summed E-state index contributed by atoms with van der Waals surface area (Å²) >= 11 is 0. The highest BCUT2D eigenvalue weighted by molar-refractivity contribution is 5.94. The zero-order valence-corrected chi connectivity index (χ0v) is 19.2. The van der Waals surface area contributed by atoms with Crippen LogP contribution in [0.15, 0.2) is 47.4 Å². The number of rotatable bonds is 5. The molecular formula is C26H31N3O3. The highest BCUT2D eigenvalue weighted by Gasteiger charge is 2.29. The average molecular weight is 434 g/mol. The minimum Gasteiger partial charge on any atom is -0.478 e. The summed E-state index contributed by atoms with van der Waals surface area (Å²) in [7, 11) is 0. The van der Waals surface area contributed by atoms with Gasteiger partial charge in [-0.1, -0.05) is 26.0 Å². The summed E-state index contributed by atoms with van der Waals surface area (Å²) in [5, 5.41) is 12.8. The van der Waals surface area contributed by atoms with Gasteiger partial charge < -0.3 is 10.4 Å². The van der Waals surface area contributed by atoms with E-state index in [0.29, 0.717) is 22.7 Å². The van der Waals surface area contributed by atoms with Crippen molar-refractivity contribution >= 4 is 17.3 Å². The number of hydrogen-bond acceptors (Lipinski definition) is 4. The fourth-order valence-corrected chi connectivity index (χ4v) is 4.72. The summed E-state index contributed by atoms with van der Waals surface area (Å²) in [6.07, 6.45) is 6.15. The van der Waals surface area contributed by atoms with E-state index in [1.54, 1.807) is 34.7 Å². The minimum absolute atomic E-state index is 0.0714. The third-order valence-corrected chi connectivity index (χ3v) is 6.70. The molecule has 0 unspecified atom stereocenters. The summed E-state index contributed by atoms with van der Waals surface area (Å²) < 4.78 is 1.61. The van der Waals surface area contributed by atoms with Crippen molar-refractivity contribution in [3.8, 4) is 0 Å². The number of nitrogens with zero attached hydrogens (tertiary/aromatic N) is 2. The van der Waals surface area contributed by atoms with Gasteiger partial charge in [-0.25, -0.2) is 9.78 Å². The highest BCUT2D eigenvalue weighted by atomic mass is 16.4. The molecule has 0 radical (unpaired) electrons. The molecule has 1 aliphatic carbocycles.